The molecule has 1 aromatic heterocycles. The Morgan fingerprint density at radius 1 is 1.33 bits per heavy atom. The van der Waals surface area contributed by atoms with Gasteiger partial charge in [0.25, 0.3) is 0 Å². The average Bonchev–Trinajstić information content (AvgIpc) is 2.98. The van der Waals surface area contributed by atoms with E-state index in [2.05, 4.69) is 10.5 Å². The molecular weight excluding hydrogens is 308 g/mol. The number of methoxy groups -OCH3 is 1. The van der Waals surface area contributed by atoms with E-state index >= 15 is 0 Å². The molecule has 0 bridgehead atoms. The number of para-hydroxylation sites is 1. The summed E-state index contributed by atoms with van der Waals surface area (Å²) in [6.07, 6.45) is 0.682. The Bertz CT molecular complexity index is 686. The molecule has 2 aromatic rings. The van der Waals surface area contributed by atoms with Crippen LogP contribution in [0, 0.1) is 0 Å². The third kappa shape index (κ3) is 3.61. The summed E-state index contributed by atoms with van der Waals surface area (Å²) in [6.45, 7) is 5.28. The number of hydrogen-bond acceptors (Lipinski definition) is 6. The molecule has 2 heterocycles. The van der Waals surface area contributed by atoms with Gasteiger partial charge in [0.15, 0.2) is 5.76 Å². The van der Waals surface area contributed by atoms with Crippen LogP contribution >= 0.6 is 0 Å². The first-order valence-corrected chi connectivity index (χ1v) is 8.05. The fourth-order valence-electron chi connectivity index (χ4n) is 2.78. The van der Waals surface area contributed by atoms with Gasteiger partial charge in [-0.25, -0.2) is 0 Å². The van der Waals surface area contributed by atoms with Crippen molar-refractivity contribution in [2.75, 3.05) is 20.3 Å². The van der Waals surface area contributed by atoms with Crippen molar-refractivity contribution in [3.05, 3.63) is 47.3 Å². The zero-order valence-electron chi connectivity index (χ0n) is 14.3. The summed E-state index contributed by atoms with van der Waals surface area (Å²) in [5, 5.41) is 17.6. The average molecular weight is 332 g/mol. The Morgan fingerprint density at radius 2 is 2.08 bits per heavy atom. The summed E-state index contributed by atoms with van der Waals surface area (Å²) in [5.74, 6) is 1.34. The fraction of sp³-hybridized carbons (Fsp3) is 0.500. The zero-order valence-corrected chi connectivity index (χ0v) is 14.3. The summed E-state index contributed by atoms with van der Waals surface area (Å²) in [4.78, 5) is 0. The van der Waals surface area contributed by atoms with Crippen molar-refractivity contribution >= 4 is 0 Å². The minimum Gasteiger partial charge on any atom is -0.496 e. The molecule has 6 heteroatoms. The van der Waals surface area contributed by atoms with E-state index in [1.807, 2.05) is 30.3 Å². The van der Waals surface area contributed by atoms with Gasteiger partial charge >= 0.3 is 0 Å². The van der Waals surface area contributed by atoms with Crippen molar-refractivity contribution in [3.8, 4) is 5.75 Å². The number of nitrogens with one attached hydrogen (secondary N) is 1. The lowest BCUT2D eigenvalue weighted by atomic mass is 9.90. The Labute approximate surface area is 141 Å². The van der Waals surface area contributed by atoms with E-state index in [0.717, 1.165) is 17.0 Å². The molecule has 1 aromatic carbocycles. The maximum absolute atomic E-state index is 9.99. The SMILES string of the molecule is COc1ccccc1CNC1(Cc2cc(C(C)(C)O)on2)COC1. The first-order valence-electron chi connectivity index (χ1n) is 8.05. The van der Waals surface area contributed by atoms with Crippen LogP contribution in [0.2, 0.25) is 0 Å². The molecule has 1 aliphatic heterocycles. The highest BCUT2D eigenvalue weighted by Gasteiger charge is 2.39. The lowest BCUT2D eigenvalue weighted by molar-refractivity contribution is -0.0756. The van der Waals surface area contributed by atoms with Gasteiger partial charge in [0.05, 0.1) is 31.6 Å². The summed E-state index contributed by atoms with van der Waals surface area (Å²) < 4.78 is 16.1. The largest absolute Gasteiger partial charge is 0.496 e. The van der Waals surface area contributed by atoms with Crippen molar-refractivity contribution in [2.24, 2.45) is 0 Å². The van der Waals surface area contributed by atoms with Gasteiger partial charge < -0.3 is 24.4 Å². The predicted molar refractivity (Wildman–Crippen MR) is 88.8 cm³/mol. The van der Waals surface area contributed by atoms with Crippen LogP contribution in [-0.2, 0) is 23.3 Å². The Hall–Kier alpha value is -1.89. The number of rotatable bonds is 7. The molecule has 1 aliphatic rings. The predicted octanol–water partition coefficient (Wildman–Crippen LogP) is 2.01. The van der Waals surface area contributed by atoms with Gasteiger partial charge in [0.1, 0.15) is 11.4 Å². The molecule has 130 valence electrons. The molecule has 24 heavy (non-hydrogen) atoms. The summed E-state index contributed by atoms with van der Waals surface area (Å²) >= 11 is 0. The summed E-state index contributed by atoms with van der Waals surface area (Å²) in [5.41, 5.74) is 0.708. The number of hydrogen-bond donors (Lipinski definition) is 2. The molecule has 0 amide bonds. The third-order valence-corrected chi connectivity index (χ3v) is 4.28. The van der Waals surface area contributed by atoms with Crippen LogP contribution in [0.15, 0.2) is 34.9 Å². The van der Waals surface area contributed by atoms with Crippen LogP contribution in [0.4, 0.5) is 0 Å². The van der Waals surface area contributed by atoms with Gasteiger partial charge in [-0.15, -0.1) is 0 Å². The van der Waals surface area contributed by atoms with Crippen molar-refractivity contribution in [2.45, 2.75) is 38.0 Å². The molecule has 0 atom stereocenters. The normalized spacial score (nSPS) is 16.7. The molecule has 1 fully saturated rings. The molecule has 0 spiro atoms. The van der Waals surface area contributed by atoms with Crippen LogP contribution in [0.5, 0.6) is 5.75 Å². The van der Waals surface area contributed by atoms with Crippen LogP contribution in [0.25, 0.3) is 0 Å². The standard InChI is InChI=1S/C18H24N2O4/c1-17(2,21)16-8-14(20-24-16)9-18(11-23-12-18)19-10-13-6-4-5-7-15(13)22-3/h4-8,19,21H,9-12H2,1-3H3. The van der Waals surface area contributed by atoms with E-state index < -0.39 is 5.60 Å². The first kappa shape index (κ1) is 17.0. The lowest BCUT2D eigenvalue weighted by Gasteiger charge is -2.42. The monoisotopic (exact) mass is 332 g/mol. The molecule has 0 radical (unpaired) electrons. The molecule has 0 unspecified atom stereocenters. The number of aromatic nitrogens is 1. The van der Waals surface area contributed by atoms with Gasteiger partial charge in [-0.3, -0.25) is 0 Å². The minimum atomic E-state index is -1.03. The fourth-order valence-corrected chi connectivity index (χ4v) is 2.78. The molecule has 1 saturated heterocycles. The maximum Gasteiger partial charge on any atom is 0.167 e. The van der Waals surface area contributed by atoms with Crippen molar-refractivity contribution in [1.82, 2.24) is 10.5 Å². The molecule has 2 N–H and O–H groups in total. The van der Waals surface area contributed by atoms with Crippen LogP contribution in [0.3, 0.4) is 0 Å². The number of aliphatic hydroxyl groups is 1. The van der Waals surface area contributed by atoms with Gasteiger partial charge in [0, 0.05) is 24.6 Å². The second-order valence-electron chi connectivity index (χ2n) is 6.86. The highest BCUT2D eigenvalue weighted by atomic mass is 16.5. The van der Waals surface area contributed by atoms with Crippen molar-refractivity contribution in [1.29, 1.82) is 0 Å². The highest BCUT2D eigenvalue weighted by molar-refractivity contribution is 5.33. The molecular formula is C18H24N2O4. The molecule has 3 rings (SSSR count). The summed E-state index contributed by atoms with van der Waals surface area (Å²) in [7, 11) is 1.68. The second-order valence-corrected chi connectivity index (χ2v) is 6.86. The van der Waals surface area contributed by atoms with Crippen molar-refractivity contribution < 1.29 is 19.1 Å². The van der Waals surface area contributed by atoms with E-state index in [-0.39, 0.29) is 5.54 Å². The van der Waals surface area contributed by atoms with E-state index in [1.165, 1.54) is 0 Å². The molecule has 6 nitrogen and oxygen atoms in total. The van der Waals surface area contributed by atoms with Gasteiger partial charge in [-0.1, -0.05) is 23.4 Å². The minimum absolute atomic E-state index is 0.172. The van der Waals surface area contributed by atoms with Crippen LogP contribution in [-0.4, -0.2) is 36.1 Å². The number of benzene rings is 1. The van der Waals surface area contributed by atoms with Crippen molar-refractivity contribution in [3.63, 3.8) is 0 Å². The van der Waals surface area contributed by atoms with Gasteiger partial charge in [-0.2, -0.15) is 0 Å². The van der Waals surface area contributed by atoms with E-state index in [0.29, 0.717) is 31.9 Å². The number of ether oxygens (including phenoxy) is 2. The Kier molecular flexibility index (Phi) is 4.62. The van der Waals surface area contributed by atoms with Gasteiger partial charge in [0.2, 0.25) is 0 Å². The van der Waals surface area contributed by atoms with Gasteiger partial charge in [-0.05, 0) is 19.9 Å². The highest BCUT2D eigenvalue weighted by Crippen LogP contribution is 2.27. The zero-order chi connectivity index (χ0) is 17.2. The quantitative estimate of drug-likeness (QED) is 0.808. The number of nitrogens with zero attached hydrogens (tertiary/aromatic N) is 1. The topological polar surface area (TPSA) is 76.8 Å². The van der Waals surface area contributed by atoms with E-state index in [1.54, 1.807) is 21.0 Å². The second kappa shape index (κ2) is 6.55. The third-order valence-electron chi connectivity index (χ3n) is 4.28. The Balaban J connectivity index is 1.67. The maximum atomic E-state index is 9.99. The first-order chi connectivity index (χ1) is 11.4. The molecule has 0 aliphatic carbocycles. The molecule has 0 saturated carbocycles. The lowest BCUT2D eigenvalue weighted by Crippen LogP contribution is -2.61. The summed E-state index contributed by atoms with van der Waals surface area (Å²) in [6, 6.07) is 9.76. The van der Waals surface area contributed by atoms with Crippen LogP contribution in [0.1, 0.15) is 30.9 Å². The van der Waals surface area contributed by atoms with Crippen LogP contribution < -0.4 is 10.1 Å². The van der Waals surface area contributed by atoms with E-state index in [9.17, 15) is 5.11 Å². The Morgan fingerprint density at radius 3 is 2.67 bits per heavy atom. The van der Waals surface area contributed by atoms with E-state index in [4.69, 9.17) is 14.0 Å². The smallest absolute Gasteiger partial charge is 0.167 e.